The number of benzene rings is 1. The van der Waals surface area contributed by atoms with Gasteiger partial charge in [-0.05, 0) is 42.2 Å². The van der Waals surface area contributed by atoms with Gasteiger partial charge < -0.3 is 5.11 Å². The Labute approximate surface area is 140 Å². The summed E-state index contributed by atoms with van der Waals surface area (Å²) in [6.07, 6.45) is 6.10. The second-order valence-electron chi connectivity index (χ2n) is 4.41. The minimum atomic E-state index is -0.889. The van der Waals surface area contributed by atoms with Crippen LogP contribution in [0.3, 0.4) is 0 Å². The first-order valence-electron chi connectivity index (χ1n) is 6.04. The Kier molecular flexibility index (Phi) is 6.65. The van der Waals surface area contributed by atoms with Crippen LogP contribution in [0.5, 0.6) is 0 Å². The molecule has 0 fully saturated rings. The van der Waals surface area contributed by atoms with Gasteiger partial charge in [0.05, 0.1) is 0 Å². The van der Waals surface area contributed by atoms with Gasteiger partial charge in [-0.25, -0.2) is 4.79 Å². The zero-order valence-corrected chi connectivity index (χ0v) is 13.7. The Morgan fingerprint density at radius 3 is 2.45 bits per heavy atom. The van der Waals surface area contributed by atoms with Gasteiger partial charge >= 0.3 is 5.97 Å². The van der Waals surface area contributed by atoms with E-state index in [0.717, 1.165) is 17.5 Å². The Hall–Kier alpha value is -1.42. The predicted molar refractivity (Wildman–Crippen MR) is 80.5 cm³/mol. The number of carboxylic acid groups (broad SMARTS) is 1. The number of rotatable bonds is 4. The first-order valence-corrected chi connectivity index (χ1v) is 6.04. The quantitative estimate of drug-likeness (QED) is 0.690. The van der Waals surface area contributed by atoms with Crippen molar-refractivity contribution in [1.29, 1.82) is 0 Å². The molecule has 0 aliphatic rings. The van der Waals surface area contributed by atoms with Crippen molar-refractivity contribution in [2.45, 2.75) is 13.3 Å². The minimum absolute atomic E-state index is 0. The van der Waals surface area contributed by atoms with Gasteiger partial charge in [0.15, 0.2) is 0 Å². The van der Waals surface area contributed by atoms with E-state index in [9.17, 15) is 4.79 Å². The Morgan fingerprint density at radius 2 is 1.90 bits per heavy atom. The summed E-state index contributed by atoms with van der Waals surface area (Å²) in [4.78, 5) is 14.8. The molecule has 0 aliphatic heterocycles. The molecule has 0 unspecified atom stereocenters. The molecule has 2 aromatic rings. The third kappa shape index (κ3) is 4.93. The molecular formula is C16H15NNaO2. The van der Waals surface area contributed by atoms with Gasteiger partial charge in [-0.1, -0.05) is 30.3 Å². The third-order valence-electron chi connectivity index (χ3n) is 2.83. The number of hydrogen-bond donors (Lipinski definition) is 1. The van der Waals surface area contributed by atoms with E-state index in [1.807, 2.05) is 42.6 Å². The maximum Gasteiger partial charge on any atom is 0.331 e. The van der Waals surface area contributed by atoms with Gasteiger partial charge in [-0.2, -0.15) is 0 Å². The van der Waals surface area contributed by atoms with Crippen molar-refractivity contribution in [3.05, 3.63) is 71.1 Å². The zero-order valence-electron chi connectivity index (χ0n) is 11.7. The van der Waals surface area contributed by atoms with E-state index in [1.165, 1.54) is 5.56 Å². The standard InChI is InChI=1S/C16H15NO2.Na/c1-12(16(18)19)9-13-4-6-14(7-5-13)10-15-3-2-8-17-11-15;/h2-9,11H,10H2,1H3,(H,18,19);/b12-9+;. The van der Waals surface area contributed by atoms with Crippen LogP contribution in [-0.4, -0.2) is 45.6 Å². The van der Waals surface area contributed by atoms with Crippen LogP contribution in [0, 0.1) is 0 Å². The van der Waals surface area contributed by atoms with E-state index in [1.54, 1.807) is 19.2 Å². The molecule has 97 valence electrons. The predicted octanol–water partition coefficient (Wildman–Crippen LogP) is 2.78. The number of carboxylic acids is 1. The number of carbonyl (C=O) groups is 1. The SMILES string of the molecule is C/C(=C\c1ccc(Cc2cccnc2)cc1)C(=O)O.[Na]. The summed E-state index contributed by atoms with van der Waals surface area (Å²) >= 11 is 0. The summed E-state index contributed by atoms with van der Waals surface area (Å²) in [6, 6.07) is 11.8. The van der Waals surface area contributed by atoms with Crippen molar-refractivity contribution in [2.75, 3.05) is 0 Å². The van der Waals surface area contributed by atoms with E-state index in [4.69, 9.17) is 5.11 Å². The van der Waals surface area contributed by atoms with E-state index >= 15 is 0 Å². The van der Waals surface area contributed by atoms with Crippen LogP contribution < -0.4 is 0 Å². The first kappa shape index (κ1) is 16.6. The Bertz CT molecular complexity index is 592. The van der Waals surface area contributed by atoms with Gasteiger partial charge in [0.2, 0.25) is 0 Å². The van der Waals surface area contributed by atoms with E-state index in [0.29, 0.717) is 5.57 Å². The number of hydrogen-bond acceptors (Lipinski definition) is 2. The third-order valence-corrected chi connectivity index (χ3v) is 2.83. The number of pyridine rings is 1. The van der Waals surface area contributed by atoms with Crippen LogP contribution >= 0.6 is 0 Å². The normalized spacial score (nSPS) is 10.8. The van der Waals surface area contributed by atoms with Gasteiger partial charge in [-0.3, -0.25) is 4.98 Å². The summed E-state index contributed by atoms with van der Waals surface area (Å²) in [5, 5.41) is 8.82. The largest absolute Gasteiger partial charge is 0.478 e. The Morgan fingerprint density at radius 1 is 1.20 bits per heavy atom. The van der Waals surface area contributed by atoms with Crippen LogP contribution in [0.1, 0.15) is 23.6 Å². The molecule has 1 aromatic carbocycles. The molecule has 0 aliphatic carbocycles. The summed E-state index contributed by atoms with van der Waals surface area (Å²) in [7, 11) is 0. The zero-order chi connectivity index (χ0) is 13.7. The number of aromatic nitrogens is 1. The van der Waals surface area contributed by atoms with Crippen LogP contribution in [-0.2, 0) is 11.2 Å². The molecular weight excluding hydrogens is 261 g/mol. The molecule has 1 aromatic heterocycles. The Balaban J connectivity index is 0.00000200. The fraction of sp³-hybridized carbons (Fsp3) is 0.125. The van der Waals surface area contributed by atoms with E-state index < -0.39 is 5.97 Å². The van der Waals surface area contributed by atoms with Gasteiger partial charge in [0, 0.05) is 47.5 Å². The van der Waals surface area contributed by atoms with Crippen LogP contribution in [0.25, 0.3) is 6.08 Å². The summed E-state index contributed by atoms with van der Waals surface area (Å²) < 4.78 is 0. The first-order chi connectivity index (χ1) is 9.15. The number of aliphatic carboxylic acids is 1. The van der Waals surface area contributed by atoms with Gasteiger partial charge in [0.25, 0.3) is 0 Å². The molecule has 4 heteroatoms. The molecule has 3 nitrogen and oxygen atoms in total. The molecule has 20 heavy (non-hydrogen) atoms. The van der Waals surface area contributed by atoms with E-state index in [2.05, 4.69) is 4.98 Å². The minimum Gasteiger partial charge on any atom is -0.478 e. The van der Waals surface area contributed by atoms with Crippen molar-refractivity contribution < 1.29 is 9.90 Å². The van der Waals surface area contributed by atoms with E-state index in [-0.39, 0.29) is 29.6 Å². The van der Waals surface area contributed by atoms with Crippen molar-refractivity contribution in [2.24, 2.45) is 0 Å². The molecule has 1 radical (unpaired) electrons. The maximum absolute atomic E-state index is 10.7. The van der Waals surface area contributed by atoms with Gasteiger partial charge in [0.1, 0.15) is 0 Å². The second kappa shape index (κ2) is 8.00. The molecule has 2 rings (SSSR count). The molecule has 1 N–H and O–H groups in total. The molecule has 0 bridgehead atoms. The fourth-order valence-corrected chi connectivity index (χ4v) is 1.78. The molecule has 0 spiro atoms. The smallest absolute Gasteiger partial charge is 0.331 e. The van der Waals surface area contributed by atoms with Crippen molar-refractivity contribution in [1.82, 2.24) is 4.98 Å². The maximum atomic E-state index is 10.7. The summed E-state index contributed by atoms with van der Waals surface area (Å²) in [5.74, 6) is -0.889. The molecule has 0 amide bonds. The average Bonchev–Trinajstić information content (AvgIpc) is 2.42. The number of nitrogens with zero attached hydrogens (tertiary/aromatic N) is 1. The average molecular weight is 276 g/mol. The fourth-order valence-electron chi connectivity index (χ4n) is 1.78. The summed E-state index contributed by atoms with van der Waals surface area (Å²) in [5.41, 5.74) is 3.57. The van der Waals surface area contributed by atoms with Crippen molar-refractivity contribution in [3.8, 4) is 0 Å². The van der Waals surface area contributed by atoms with Gasteiger partial charge in [-0.15, -0.1) is 0 Å². The molecule has 0 atom stereocenters. The van der Waals surface area contributed by atoms with Crippen LogP contribution in [0.4, 0.5) is 0 Å². The van der Waals surface area contributed by atoms with Crippen LogP contribution in [0.2, 0.25) is 0 Å². The molecule has 1 heterocycles. The van der Waals surface area contributed by atoms with Crippen molar-refractivity contribution in [3.63, 3.8) is 0 Å². The second-order valence-corrected chi connectivity index (χ2v) is 4.41. The summed E-state index contributed by atoms with van der Waals surface area (Å²) in [6.45, 7) is 1.59. The van der Waals surface area contributed by atoms with Crippen molar-refractivity contribution >= 4 is 41.6 Å². The monoisotopic (exact) mass is 276 g/mol. The molecule has 0 saturated carbocycles. The topological polar surface area (TPSA) is 50.2 Å². The van der Waals surface area contributed by atoms with Crippen LogP contribution in [0.15, 0.2) is 54.4 Å². The molecule has 0 saturated heterocycles.